The zero-order chi connectivity index (χ0) is 11.4. The molecule has 0 atom stereocenters. The van der Waals surface area contributed by atoms with E-state index in [4.69, 9.17) is 9.47 Å². The van der Waals surface area contributed by atoms with Crippen molar-refractivity contribution in [2.75, 3.05) is 13.7 Å². The van der Waals surface area contributed by atoms with Gasteiger partial charge in [-0.3, -0.25) is 0 Å². The Morgan fingerprint density at radius 2 is 2.25 bits per heavy atom. The second-order valence-corrected chi connectivity index (χ2v) is 4.13. The van der Waals surface area contributed by atoms with Gasteiger partial charge in [0.05, 0.1) is 18.1 Å². The lowest BCUT2D eigenvalue weighted by Crippen LogP contribution is -2.16. The zero-order valence-corrected chi connectivity index (χ0v) is 10.5. The van der Waals surface area contributed by atoms with Crippen LogP contribution in [0.4, 0.5) is 0 Å². The molecule has 1 heterocycles. The molecule has 0 spiro atoms. The van der Waals surface area contributed by atoms with E-state index in [1.54, 1.807) is 7.11 Å². The Hall–Kier alpha value is -1.42. The van der Waals surface area contributed by atoms with Gasteiger partial charge in [-0.2, -0.15) is 0 Å². The quantitative estimate of drug-likeness (QED) is 0.924. The van der Waals surface area contributed by atoms with Crippen molar-refractivity contribution in [1.29, 1.82) is 0 Å². The fourth-order valence-corrected chi connectivity index (χ4v) is 1.78. The maximum Gasteiger partial charge on any atom is 0.141 e. The maximum atomic E-state index is 5.73. The van der Waals surface area contributed by atoms with E-state index in [0.717, 1.165) is 21.7 Å². The first kappa shape index (κ1) is 11.1. The van der Waals surface area contributed by atoms with Crippen molar-refractivity contribution in [2.45, 2.75) is 0 Å². The fraction of sp³-hybridized carbons (Fsp3) is 0.167. The van der Waals surface area contributed by atoms with Crippen LogP contribution in [0.5, 0.6) is 11.5 Å². The molecule has 0 fully saturated rings. The largest absolute Gasteiger partial charge is 0.497 e. The lowest BCUT2D eigenvalue weighted by atomic mass is 10.3. The van der Waals surface area contributed by atoms with Crippen molar-refractivity contribution in [1.82, 2.24) is 5.32 Å². The Bertz CT molecular complexity index is 441. The number of ether oxygens (including phenoxy) is 2. The van der Waals surface area contributed by atoms with Crippen LogP contribution in [0.3, 0.4) is 0 Å². The number of allylic oxidation sites excluding steroid dienone is 2. The van der Waals surface area contributed by atoms with E-state index in [-0.39, 0.29) is 0 Å². The number of dihydropyridines is 1. The van der Waals surface area contributed by atoms with E-state index in [0.29, 0.717) is 6.54 Å². The highest BCUT2D eigenvalue weighted by atomic mass is 79.9. The van der Waals surface area contributed by atoms with Gasteiger partial charge in [-0.15, -0.1) is 0 Å². The van der Waals surface area contributed by atoms with Crippen molar-refractivity contribution < 1.29 is 9.47 Å². The third-order valence-corrected chi connectivity index (χ3v) is 2.77. The first-order valence-corrected chi connectivity index (χ1v) is 5.69. The average molecular weight is 282 g/mol. The SMILES string of the molecule is COc1ccc(OC2=CC=CNC2)c(Br)c1. The lowest BCUT2D eigenvalue weighted by molar-refractivity contribution is 0.398. The van der Waals surface area contributed by atoms with Gasteiger partial charge in [0.25, 0.3) is 0 Å². The van der Waals surface area contributed by atoms with E-state index >= 15 is 0 Å². The topological polar surface area (TPSA) is 30.5 Å². The van der Waals surface area contributed by atoms with Crippen LogP contribution in [0.25, 0.3) is 0 Å². The van der Waals surface area contributed by atoms with Crippen molar-refractivity contribution in [3.63, 3.8) is 0 Å². The Balaban J connectivity index is 2.15. The third kappa shape index (κ3) is 2.58. The minimum atomic E-state index is 0.703. The van der Waals surface area contributed by atoms with E-state index < -0.39 is 0 Å². The number of hydrogen-bond donors (Lipinski definition) is 1. The van der Waals surface area contributed by atoms with Gasteiger partial charge in [-0.25, -0.2) is 0 Å². The van der Waals surface area contributed by atoms with Crippen LogP contribution in [0.15, 0.2) is 46.8 Å². The van der Waals surface area contributed by atoms with Gasteiger partial charge >= 0.3 is 0 Å². The minimum absolute atomic E-state index is 0.703. The molecule has 1 aromatic carbocycles. The maximum absolute atomic E-state index is 5.73. The molecule has 4 heteroatoms. The highest BCUT2D eigenvalue weighted by Gasteiger charge is 2.06. The molecule has 0 aliphatic carbocycles. The van der Waals surface area contributed by atoms with Gasteiger partial charge in [-0.05, 0) is 52.5 Å². The third-order valence-electron chi connectivity index (χ3n) is 2.15. The average Bonchev–Trinajstić information content (AvgIpc) is 2.33. The molecule has 0 radical (unpaired) electrons. The van der Waals surface area contributed by atoms with Crippen LogP contribution in [-0.2, 0) is 0 Å². The van der Waals surface area contributed by atoms with E-state index in [9.17, 15) is 0 Å². The van der Waals surface area contributed by atoms with E-state index in [2.05, 4.69) is 21.2 Å². The molecule has 0 bridgehead atoms. The number of benzene rings is 1. The summed E-state index contributed by atoms with van der Waals surface area (Å²) in [6, 6.07) is 5.62. The summed E-state index contributed by atoms with van der Waals surface area (Å²) in [7, 11) is 1.64. The zero-order valence-electron chi connectivity index (χ0n) is 8.87. The smallest absolute Gasteiger partial charge is 0.141 e. The van der Waals surface area contributed by atoms with Crippen molar-refractivity contribution in [3.8, 4) is 11.5 Å². The molecular formula is C12H12BrNO2. The molecule has 3 nitrogen and oxygen atoms in total. The number of methoxy groups -OCH3 is 1. The molecule has 2 rings (SSSR count). The van der Waals surface area contributed by atoms with Gasteiger partial charge in [0.2, 0.25) is 0 Å². The Morgan fingerprint density at radius 3 is 2.88 bits per heavy atom. The number of rotatable bonds is 3. The molecule has 0 unspecified atom stereocenters. The van der Waals surface area contributed by atoms with Crippen LogP contribution < -0.4 is 14.8 Å². The number of halogens is 1. The van der Waals surface area contributed by atoms with Crippen LogP contribution >= 0.6 is 15.9 Å². The van der Waals surface area contributed by atoms with Gasteiger partial charge < -0.3 is 14.8 Å². The molecule has 1 aromatic rings. The van der Waals surface area contributed by atoms with Crippen LogP contribution in [0.2, 0.25) is 0 Å². The minimum Gasteiger partial charge on any atom is -0.497 e. The Morgan fingerprint density at radius 1 is 1.38 bits per heavy atom. The highest BCUT2D eigenvalue weighted by Crippen LogP contribution is 2.30. The molecule has 0 amide bonds. The van der Waals surface area contributed by atoms with Crippen molar-refractivity contribution >= 4 is 15.9 Å². The Labute approximate surface area is 103 Å². The van der Waals surface area contributed by atoms with Gasteiger partial charge in [0, 0.05) is 0 Å². The van der Waals surface area contributed by atoms with Crippen LogP contribution in [-0.4, -0.2) is 13.7 Å². The summed E-state index contributed by atoms with van der Waals surface area (Å²) >= 11 is 3.44. The predicted octanol–water partition coefficient (Wildman–Crippen LogP) is 2.84. The normalized spacial score (nSPS) is 14.0. The summed E-state index contributed by atoms with van der Waals surface area (Å²) in [5.41, 5.74) is 0. The van der Waals surface area contributed by atoms with Gasteiger partial charge in [0.15, 0.2) is 0 Å². The van der Waals surface area contributed by atoms with E-state index in [1.807, 2.05) is 36.6 Å². The molecule has 1 aliphatic rings. The summed E-state index contributed by atoms with van der Waals surface area (Å²) in [6.45, 7) is 0.703. The number of hydrogen-bond acceptors (Lipinski definition) is 3. The summed E-state index contributed by atoms with van der Waals surface area (Å²) < 4.78 is 11.7. The van der Waals surface area contributed by atoms with Crippen molar-refractivity contribution in [3.05, 3.63) is 46.8 Å². The molecule has 0 aromatic heterocycles. The second-order valence-electron chi connectivity index (χ2n) is 3.27. The monoisotopic (exact) mass is 281 g/mol. The first-order chi connectivity index (χ1) is 7.79. The molecule has 16 heavy (non-hydrogen) atoms. The number of nitrogens with one attached hydrogen (secondary N) is 1. The fourth-order valence-electron chi connectivity index (χ4n) is 1.34. The van der Waals surface area contributed by atoms with Crippen LogP contribution in [0, 0.1) is 0 Å². The van der Waals surface area contributed by atoms with Crippen LogP contribution in [0.1, 0.15) is 0 Å². The summed E-state index contributed by atoms with van der Waals surface area (Å²) in [5, 5.41) is 3.08. The van der Waals surface area contributed by atoms with E-state index in [1.165, 1.54) is 0 Å². The molecule has 1 aliphatic heterocycles. The van der Waals surface area contributed by atoms with Gasteiger partial charge in [-0.1, -0.05) is 0 Å². The standard InChI is InChI=1S/C12H12BrNO2/c1-15-9-4-5-12(11(13)7-9)16-10-3-2-6-14-8-10/h2-7,14H,8H2,1H3. The molecule has 1 N–H and O–H groups in total. The molecular weight excluding hydrogens is 270 g/mol. The van der Waals surface area contributed by atoms with Gasteiger partial charge in [0.1, 0.15) is 17.3 Å². The summed E-state index contributed by atoms with van der Waals surface area (Å²) in [6.07, 6.45) is 5.74. The molecule has 84 valence electrons. The lowest BCUT2D eigenvalue weighted by Gasteiger charge is -2.14. The Kier molecular flexibility index (Phi) is 3.51. The highest BCUT2D eigenvalue weighted by molar-refractivity contribution is 9.10. The summed E-state index contributed by atoms with van der Waals surface area (Å²) in [5.74, 6) is 2.47. The first-order valence-electron chi connectivity index (χ1n) is 4.90. The summed E-state index contributed by atoms with van der Waals surface area (Å²) in [4.78, 5) is 0. The molecule has 0 saturated heterocycles. The molecule has 0 saturated carbocycles. The predicted molar refractivity (Wildman–Crippen MR) is 66.5 cm³/mol. The van der Waals surface area contributed by atoms with Crippen molar-refractivity contribution in [2.24, 2.45) is 0 Å². The second kappa shape index (κ2) is 5.07.